The van der Waals surface area contributed by atoms with Crippen LogP contribution in [0.3, 0.4) is 0 Å². The van der Waals surface area contributed by atoms with Gasteiger partial charge in [0.25, 0.3) is 5.91 Å². The Morgan fingerprint density at radius 3 is 2.66 bits per heavy atom. The molecule has 0 fully saturated rings. The minimum Gasteiger partial charge on any atom is -0.493 e. The second-order valence-electron chi connectivity index (χ2n) is 8.73. The number of amides is 1. The molecular weight excluding hydrogens is 440 g/mol. The standard InChI is InChI=1S/C28H28N4O3/c1-17(31-32-28(33)18-12-14-29-15-13-18)19-10-11-24-23(16-19)20-6-4-7-21(20)26(30-24)22-8-5-9-25(34-2)27(22)35-3/h4-6,8-16,20-21,26,30H,7H2,1-3H3,(H,32,33)/b31-17-/t20-,21+,26-/m1/s1. The van der Waals surface area contributed by atoms with Gasteiger partial charge >= 0.3 is 0 Å². The SMILES string of the molecule is COc1cccc([C@@H]2Nc3ccc(/C(C)=N\NC(=O)c4ccncc4)cc3[C@@H]3C=CC[C@@H]32)c1OC. The molecule has 35 heavy (non-hydrogen) atoms. The van der Waals surface area contributed by atoms with Crippen LogP contribution in [-0.4, -0.2) is 30.8 Å². The van der Waals surface area contributed by atoms with Gasteiger partial charge in [0.15, 0.2) is 11.5 Å². The quantitative estimate of drug-likeness (QED) is 0.299. The number of carbonyl (C=O) groups is 1. The highest BCUT2D eigenvalue weighted by Crippen LogP contribution is 2.52. The number of carbonyl (C=O) groups excluding carboxylic acids is 1. The maximum Gasteiger partial charge on any atom is 0.271 e. The number of ether oxygens (including phenoxy) is 2. The summed E-state index contributed by atoms with van der Waals surface area (Å²) in [6.07, 6.45) is 8.70. The van der Waals surface area contributed by atoms with Gasteiger partial charge in [-0.05, 0) is 60.7 Å². The summed E-state index contributed by atoms with van der Waals surface area (Å²) in [4.78, 5) is 16.3. The second kappa shape index (κ2) is 9.62. The van der Waals surface area contributed by atoms with Crippen molar-refractivity contribution >= 4 is 17.3 Å². The van der Waals surface area contributed by atoms with E-state index in [4.69, 9.17) is 9.47 Å². The zero-order chi connectivity index (χ0) is 24.4. The molecular formula is C28H28N4O3. The molecule has 0 saturated heterocycles. The number of hydrogen-bond acceptors (Lipinski definition) is 6. The molecule has 0 saturated carbocycles. The van der Waals surface area contributed by atoms with Crippen LogP contribution >= 0.6 is 0 Å². The van der Waals surface area contributed by atoms with Crippen molar-refractivity contribution in [3.05, 3.63) is 95.3 Å². The minimum absolute atomic E-state index is 0.0906. The normalized spacial score (nSPS) is 20.4. The smallest absolute Gasteiger partial charge is 0.271 e. The van der Waals surface area contributed by atoms with Crippen LogP contribution in [0.5, 0.6) is 11.5 Å². The molecule has 178 valence electrons. The van der Waals surface area contributed by atoms with Crippen molar-refractivity contribution in [2.24, 2.45) is 11.0 Å². The Morgan fingerprint density at radius 1 is 1.06 bits per heavy atom. The lowest BCUT2D eigenvalue weighted by molar-refractivity contribution is 0.0954. The highest BCUT2D eigenvalue weighted by atomic mass is 16.5. The highest BCUT2D eigenvalue weighted by molar-refractivity contribution is 6.01. The predicted octanol–water partition coefficient (Wildman–Crippen LogP) is 5.08. The number of hydrogen-bond donors (Lipinski definition) is 2. The third kappa shape index (κ3) is 4.25. The number of anilines is 1. The number of pyridine rings is 1. The van der Waals surface area contributed by atoms with Crippen molar-refractivity contribution in [2.75, 3.05) is 19.5 Å². The van der Waals surface area contributed by atoms with Crippen LogP contribution in [0.2, 0.25) is 0 Å². The summed E-state index contributed by atoms with van der Waals surface area (Å²) in [5.74, 6) is 1.86. The van der Waals surface area contributed by atoms with E-state index in [2.05, 4.69) is 51.2 Å². The van der Waals surface area contributed by atoms with Crippen LogP contribution in [-0.2, 0) is 0 Å². The van der Waals surface area contributed by atoms with E-state index in [1.165, 1.54) is 5.56 Å². The average Bonchev–Trinajstić information content (AvgIpc) is 3.41. The molecule has 2 N–H and O–H groups in total. The van der Waals surface area contributed by atoms with Crippen molar-refractivity contribution in [3.8, 4) is 11.5 Å². The number of nitrogens with zero attached hydrogens (tertiary/aromatic N) is 2. The summed E-state index contributed by atoms with van der Waals surface area (Å²) < 4.78 is 11.3. The van der Waals surface area contributed by atoms with Crippen LogP contribution in [0.15, 0.2) is 78.2 Å². The Balaban J connectivity index is 1.43. The Kier molecular flexibility index (Phi) is 6.23. The molecule has 3 atom stereocenters. The first-order chi connectivity index (χ1) is 17.1. The lowest BCUT2D eigenvalue weighted by atomic mass is 9.76. The zero-order valence-corrected chi connectivity index (χ0v) is 20.0. The van der Waals surface area contributed by atoms with E-state index in [0.29, 0.717) is 11.5 Å². The third-order valence-electron chi connectivity index (χ3n) is 6.82. The van der Waals surface area contributed by atoms with Gasteiger partial charge < -0.3 is 14.8 Å². The first kappa shape index (κ1) is 22.7. The summed E-state index contributed by atoms with van der Waals surface area (Å²) in [5, 5.41) is 8.09. The molecule has 1 aliphatic heterocycles. The maximum atomic E-state index is 12.3. The van der Waals surface area contributed by atoms with Gasteiger partial charge in [-0.1, -0.05) is 30.4 Å². The van der Waals surface area contributed by atoms with Crippen LogP contribution < -0.4 is 20.2 Å². The molecule has 1 amide bonds. The van der Waals surface area contributed by atoms with E-state index in [1.807, 2.05) is 25.1 Å². The molecule has 5 rings (SSSR count). The van der Waals surface area contributed by atoms with Gasteiger partial charge in [0.05, 0.1) is 26.0 Å². The van der Waals surface area contributed by atoms with Crippen molar-refractivity contribution in [1.82, 2.24) is 10.4 Å². The lowest BCUT2D eigenvalue weighted by Gasteiger charge is -2.38. The van der Waals surface area contributed by atoms with E-state index in [1.54, 1.807) is 38.7 Å². The molecule has 2 heterocycles. The largest absolute Gasteiger partial charge is 0.493 e. The molecule has 0 bridgehead atoms. The number of benzene rings is 2. The Morgan fingerprint density at radius 2 is 1.89 bits per heavy atom. The van der Waals surface area contributed by atoms with Crippen molar-refractivity contribution < 1.29 is 14.3 Å². The minimum atomic E-state index is -0.264. The second-order valence-corrected chi connectivity index (χ2v) is 8.73. The first-order valence-electron chi connectivity index (χ1n) is 11.6. The van der Waals surface area contributed by atoms with Crippen LogP contribution in [0, 0.1) is 5.92 Å². The van der Waals surface area contributed by atoms with E-state index < -0.39 is 0 Å². The average molecular weight is 469 g/mol. The maximum absolute atomic E-state index is 12.3. The van der Waals surface area contributed by atoms with E-state index in [9.17, 15) is 4.79 Å². The topological polar surface area (TPSA) is 84.8 Å². The number of aromatic nitrogens is 1. The van der Waals surface area contributed by atoms with Crippen LogP contribution in [0.25, 0.3) is 0 Å². The summed E-state index contributed by atoms with van der Waals surface area (Å²) >= 11 is 0. The molecule has 0 radical (unpaired) electrons. The molecule has 1 aliphatic carbocycles. The van der Waals surface area contributed by atoms with Crippen LogP contribution in [0.1, 0.15) is 52.4 Å². The van der Waals surface area contributed by atoms with Gasteiger partial charge in [-0.25, -0.2) is 5.43 Å². The lowest BCUT2D eigenvalue weighted by Crippen LogP contribution is -2.29. The van der Waals surface area contributed by atoms with E-state index in [0.717, 1.165) is 40.4 Å². The first-order valence-corrected chi connectivity index (χ1v) is 11.6. The number of allylic oxidation sites excluding steroid dienone is 2. The Bertz CT molecular complexity index is 1300. The fourth-order valence-corrected chi connectivity index (χ4v) is 5.05. The fraction of sp³-hybridized carbons (Fsp3) is 0.250. The molecule has 7 heteroatoms. The van der Waals surface area contributed by atoms with Gasteiger partial charge in [-0.15, -0.1) is 0 Å². The number of nitrogens with one attached hydrogen (secondary N) is 2. The van der Waals surface area contributed by atoms with Gasteiger partial charge in [-0.3, -0.25) is 9.78 Å². The van der Waals surface area contributed by atoms with Gasteiger partial charge in [0.2, 0.25) is 0 Å². The molecule has 1 aromatic heterocycles. The predicted molar refractivity (Wildman–Crippen MR) is 136 cm³/mol. The summed E-state index contributed by atoms with van der Waals surface area (Å²) in [6.45, 7) is 1.90. The molecule has 7 nitrogen and oxygen atoms in total. The van der Waals surface area contributed by atoms with Gasteiger partial charge in [-0.2, -0.15) is 5.10 Å². The van der Waals surface area contributed by atoms with E-state index >= 15 is 0 Å². The summed E-state index contributed by atoms with van der Waals surface area (Å²) in [7, 11) is 3.35. The molecule has 0 spiro atoms. The third-order valence-corrected chi connectivity index (χ3v) is 6.82. The number of methoxy groups -OCH3 is 2. The highest BCUT2D eigenvalue weighted by Gasteiger charge is 2.39. The van der Waals surface area contributed by atoms with Gasteiger partial charge in [0.1, 0.15) is 0 Å². The van der Waals surface area contributed by atoms with Crippen molar-refractivity contribution in [2.45, 2.75) is 25.3 Å². The summed E-state index contributed by atoms with van der Waals surface area (Å²) in [6, 6.07) is 15.7. The molecule has 2 aliphatic rings. The Labute approximate surface area is 204 Å². The number of para-hydroxylation sites is 1. The molecule has 2 aromatic carbocycles. The van der Waals surface area contributed by atoms with E-state index in [-0.39, 0.29) is 17.9 Å². The molecule has 0 unspecified atom stereocenters. The number of fused-ring (bicyclic) bond motifs is 3. The molecule has 3 aromatic rings. The van der Waals surface area contributed by atoms with Crippen molar-refractivity contribution in [3.63, 3.8) is 0 Å². The van der Waals surface area contributed by atoms with Gasteiger partial charge in [0, 0.05) is 35.1 Å². The summed E-state index contributed by atoms with van der Waals surface area (Å²) in [5.41, 5.74) is 8.28. The van der Waals surface area contributed by atoms with Crippen LogP contribution in [0.4, 0.5) is 5.69 Å². The monoisotopic (exact) mass is 468 g/mol. The van der Waals surface area contributed by atoms with Crippen molar-refractivity contribution in [1.29, 1.82) is 0 Å². The zero-order valence-electron chi connectivity index (χ0n) is 20.0. The Hall–Kier alpha value is -4.13. The number of rotatable bonds is 6. The fourth-order valence-electron chi connectivity index (χ4n) is 5.05. The number of hydrazone groups is 1.